The van der Waals surface area contributed by atoms with Crippen molar-refractivity contribution in [1.82, 2.24) is 20.2 Å². The van der Waals surface area contributed by atoms with Gasteiger partial charge in [0.1, 0.15) is 5.69 Å². The molecule has 0 saturated heterocycles. The molecule has 3 aromatic rings. The second-order valence-corrected chi connectivity index (χ2v) is 7.97. The van der Waals surface area contributed by atoms with Crippen LogP contribution in [0.1, 0.15) is 32.3 Å². The lowest BCUT2D eigenvalue weighted by atomic mass is 10.1. The Labute approximate surface area is 178 Å². The Morgan fingerprint density at radius 3 is 2.67 bits per heavy atom. The van der Waals surface area contributed by atoms with E-state index < -0.39 is 10.2 Å². The Bertz CT molecular complexity index is 1020. The summed E-state index contributed by atoms with van der Waals surface area (Å²) in [6.07, 6.45) is 3.30. The van der Waals surface area contributed by atoms with Gasteiger partial charge < -0.3 is 5.32 Å². The van der Waals surface area contributed by atoms with Crippen LogP contribution in [0.5, 0.6) is 0 Å². The van der Waals surface area contributed by atoms with E-state index in [2.05, 4.69) is 27.8 Å². The van der Waals surface area contributed by atoms with Crippen LogP contribution in [-0.2, 0) is 11.2 Å². The smallest absolute Gasteiger partial charge is 0.292 e. The van der Waals surface area contributed by atoms with Gasteiger partial charge in [-0.3, -0.25) is 14.9 Å². The van der Waals surface area contributed by atoms with Crippen LogP contribution in [-0.4, -0.2) is 36.3 Å². The molecule has 10 heteroatoms. The number of anilines is 1. The fourth-order valence-electron chi connectivity index (χ4n) is 2.78. The number of nitrogens with one attached hydrogen (secondary N) is 1. The number of hydrogen-bond acceptors (Lipinski definition) is 7. The maximum Gasteiger partial charge on any atom is 0.292 e. The Kier molecular flexibility index (Phi) is 7.12. The molecule has 0 bridgehead atoms. The zero-order valence-electron chi connectivity index (χ0n) is 16.7. The number of unbranched alkanes of at least 4 members (excludes halogenated alkanes) is 1. The largest absolute Gasteiger partial charge is 0.319 e. The molecule has 2 aromatic carbocycles. The predicted molar refractivity (Wildman–Crippen MR) is 115 cm³/mol. The van der Waals surface area contributed by atoms with Crippen molar-refractivity contribution >= 4 is 29.0 Å². The van der Waals surface area contributed by atoms with Gasteiger partial charge in [-0.1, -0.05) is 49.4 Å². The van der Waals surface area contributed by atoms with Crippen LogP contribution in [0.25, 0.3) is 5.69 Å². The molecule has 0 fully saturated rings. The van der Waals surface area contributed by atoms with Crippen molar-refractivity contribution in [3.8, 4) is 5.69 Å². The monoisotopic (exact) mass is 426 g/mol. The molecule has 0 aliphatic heterocycles. The van der Waals surface area contributed by atoms with Crippen LogP contribution in [0.2, 0.25) is 0 Å². The number of thioether (sulfide) groups is 1. The Morgan fingerprint density at radius 2 is 1.97 bits per heavy atom. The van der Waals surface area contributed by atoms with Crippen LogP contribution in [0.15, 0.2) is 53.7 Å². The lowest BCUT2D eigenvalue weighted by Crippen LogP contribution is -2.23. The average Bonchev–Trinajstić information content (AvgIpc) is 3.20. The minimum atomic E-state index is -0.571. The second kappa shape index (κ2) is 9.97. The van der Waals surface area contributed by atoms with Gasteiger partial charge in [-0.15, -0.1) is 5.10 Å². The highest BCUT2D eigenvalue weighted by atomic mass is 32.2. The van der Waals surface area contributed by atoms with Gasteiger partial charge in [-0.05, 0) is 54.0 Å². The number of carbonyl (C=O) groups is 1. The van der Waals surface area contributed by atoms with E-state index in [0.29, 0.717) is 5.16 Å². The third-order valence-electron chi connectivity index (χ3n) is 4.45. The standard InChI is InChI=1S/C20H22N6O3S/c1-3-4-7-15-10-12-16(13-11-15)25-20(22-23-24-25)30-14(2)19(27)21-17-8-5-6-9-18(17)26(28)29/h5-6,8-14H,3-4,7H2,1-2H3,(H,21,27). The van der Waals surface area contributed by atoms with E-state index in [0.717, 1.165) is 24.9 Å². The predicted octanol–water partition coefficient (Wildman–Crippen LogP) is 4.03. The normalized spacial score (nSPS) is 11.8. The molecular formula is C20H22N6O3S. The van der Waals surface area contributed by atoms with Gasteiger partial charge in [0.05, 0.1) is 15.9 Å². The minimum Gasteiger partial charge on any atom is -0.319 e. The zero-order valence-corrected chi connectivity index (χ0v) is 17.5. The zero-order chi connectivity index (χ0) is 21.5. The molecule has 30 heavy (non-hydrogen) atoms. The average molecular weight is 427 g/mol. The quantitative estimate of drug-likeness (QED) is 0.312. The molecule has 0 aliphatic rings. The van der Waals surface area contributed by atoms with Crippen molar-refractivity contribution < 1.29 is 9.72 Å². The van der Waals surface area contributed by atoms with Crippen molar-refractivity contribution in [2.75, 3.05) is 5.32 Å². The molecule has 0 spiro atoms. The molecule has 1 atom stereocenters. The number of carbonyl (C=O) groups excluding carboxylic acids is 1. The summed E-state index contributed by atoms with van der Waals surface area (Å²) in [6.45, 7) is 3.86. The molecule has 1 heterocycles. The van der Waals surface area contributed by atoms with Crippen LogP contribution in [0.4, 0.5) is 11.4 Å². The number of para-hydroxylation sites is 2. The van der Waals surface area contributed by atoms with E-state index in [4.69, 9.17) is 0 Å². The number of hydrogen-bond donors (Lipinski definition) is 1. The minimum absolute atomic E-state index is 0.155. The topological polar surface area (TPSA) is 116 Å². The molecule has 1 unspecified atom stereocenters. The van der Waals surface area contributed by atoms with Crippen LogP contribution < -0.4 is 5.32 Å². The first-order valence-electron chi connectivity index (χ1n) is 9.58. The molecule has 0 saturated carbocycles. The van der Waals surface area contributed by atoms with Gasteiger partial charge in [0, 0.05) is 6.07 Å². The van der Waals surface area contributed by atoms with E-state index in [1.165, 1.54) is 29.5 Å². The molecular weight excluding hydrogens is 404 g/mol. The fourth-order valence-corrected chi connectivity index (χ4v) is 3.59. The molecule has 1 aromatic heterocycles. The van der Waals surface area contributed by atoms with Gasteiger partial charge in [-0.25, -0.2) is 0 Å². The summed E-state index contributed by atoms with van der Waals surface area (Å²) >= 11 is 1.18. The third-order valence-corrected chi connectivity index (χ3v) is 5.48. The molecule has 0 aliphatic carbocycles. The fraction of sp³-hybridized carbons (Fsp3) is 0.300. The summed E-state index contributed by atoms with van der Waals surface area (Å²) < 4.78 is 1.57. The third kappa shape index (κ3) is 5.20. The highest BCUT2D eigenvalue weighted by Crippen LogP contribution is 2.27. The van der Waals surface area contributed by atoms with E-state index in [1.807, 2.05) is 24.3 Å². The highest BCUT2D eigenvalue weighted by molar-refractivity contribution is 8.00. The molecule has 156 valence electrons. The van der Waals surface area contributed by atoms with E-state index in [1.54, 1.807) is 23.7 Å². The van der Waals surface area contributed by atoms with Crippen LogP contribution in [0.3, 0.4) is 0 Å². The number of nitrogens with zero attached hydrogens (tertiary/aromatic N) is 5. The summed E-state index contributed by atoms with van der Waals surface area (Å²) in [5, 5.41) is 25.4. The first-order chi connectivity index (χ1) is 14.5. The summed E-state index contributed by atoms with van der Waals surface area (Å²) in [5.74, 6) is -0.376. The highest BCUT2D eigenvalue weighted by Gasteiger charge is 2.22. The second-order valence-electron chi connectivity index (χ2n) is 6.67. The Balaban J connectivity index is 1.69. The summed E-state index contributed by atoms with van der Waals surface area (Å²) in [6, 6.07) is 14.0. The lowest BCUT2D eigenvalue weighted by Gasteiger charge is -2.12. The van der Waals surface area contributed by atoms with Crippen molar-refractivity contribution in [2.24, 2.45) is 0 Å². The molecule has 3 rings (SSSR count). The van der Waals surface area contributed by atoms with Gasteiger partial charge in [-0.2, -0.15) is 4.68 Å². The van der Waals surface area contributed by atoms with Gasteiger partial charge >= 0.3 is 0 Å². The number of amides is 1. The number of nitro groups is 1. The molecule has 0 radical (unpaired) electrons. The summed E-state index contributed by atoms with van der Waals surface area (Å²) in [4.78, 5) is 23.2. The Morgan fingerprint density at radius 1 is 1.23 bits per heavy atom. The molecule has 1 amide bonds. The Hall–Kier alpha value is -3.27. The maximum atomic E-state index is 12.6. The number of tetrazole rings is 1. The summed E-state index contributed by atoms with van der Waals surface area (Å²) in [7, 11) is 0. The van der Waals surface area contributed by atoms with E-state index >= 15 is 0 Å². The van der Waals surface area contributed by atoms with Gasteiger partial charge in [0.2, 0.25) is 11.1 Å². The SMILES string of the molecule is CCCCc1ccc(-n2nnnc2SC(C)C(=O)Nc2ccccc2[N+](=O)[O-])cc1. The van der Waals surface area contributed by atoms with Gasteiger partial charge in [0.25, 0.3) is 5.69 Å². The first-order valence-corrected chi connectivity index (χ1v) is 10.5. The van der Waals surface area contributed by atoms with Crippen molar-refractivity contribution in [3.63, 3.8) is 0 Å². The lowest BCUT2D eigenvalue weighted by molar-refractivity contribution is -0.383. The van der Waals surface area contributed by atoms with Crippen LogP contribution in [0, 0.1) is 10.1 Å². The molecule has 9 nitrogen and oxygen atoms in total. The van der Waals surface area contributed by atoms with Gasteiger partial charge in [0.15, 0.2) is 0 Å². The van der Waals surface area contributed by atoms with Crippen LogP contribution >= 0.6 is 11.8 Å². The maximum absolute atomic E-state index is 12.6. The number of benzene rings is 2. The number of nitro benzene ring substituents is 1. The number of aryl methyl sites for hydroxylation is 1. The van der Waals surface area contributed by atoms with Crippen molar-refractivity contribution in [2.45, 2.75) is 43.5 Å². The molecule has 1 N–H and O–H groups in total. The first kappa shape index (κ1) is 21.4. The van der Waals surface area contributed by atoms with Crippen molar-refractivity contribution in [3.05, 3.63) is 64.2 Å². The van der Waals surface area contributed by atoms with E-state index in [9.17, 15) is 14.9 Å². The number of aromatic nitrogens is 4. The van der Waals surface area contributed by atoms with Crippen molar-refractivity contribution in [1.29, 1.82) is 0 Å². The number of rotatable bonds is 9. The van der Waals surface area contributed by atoms with E-state index in [-0.39, 0.29) is 17.3 Å². The summed E-state index contributed by atoms with van der Waals surface area (Å²) in [5.41, 5.74) is 2.05.